The smallest absolute Gasteiger partial charge is 0.271 e. The summed E-state index contributed by atoms with van der Waals surface area (Å²) in [6, 6.07) is 5.83. The zero-order chi connectivity index (χ0) is 18.8. The SMILES string of the molecule is Cc1cc(OC(C)C)cc(C2CCN(C(=O)c3cc(C(C)C)n[nH]3)C2)n1. The van der Waals surface area contributed by atoms with Crippen molar-refractivity contribution in [3.8, 4) is 5.75 Å². The minimum atomic E-state index is 0.0122. The number of H-pyrrole nitrogens is 1. The van der Waals surface area contributed by atoms with Gasteiger partial charge in [-0.15, -0.1) is 0 Å². The van der Waals surface area contributed by atoms with Crippen LogP contribution in [0.15, 0.2) is 18.2 Å². The number of nitrogens with one attached hydrogen (secondary N) is 1. The molecular formula is C20H28N4O2. The predicted molar refractivity (Wildman–Crippen MR) is 101 cm³/mol. The van der Waals surface area contributed by atoms with Crippen molar-refractivity contribution in [1.29, 1.82) is 0 Å². The molecule has 140 valence electrons. The number of carbonyl (C=O) groups excluding carboxylic acids is 1. The number of hydrogen-bond acceptors (Lipinski definition) is 4. The van der Waals surface area contributed by atoms with Crippen LogP contribution in [0.3, 0.4) is 0 Å². The van der Waals surface area contributed by atoms with Crippen LogP contribution in [0, 0.1) is 6.92 Å². The molecule has 1 aliphatic rings. The number of likely N-dealkylation sites (tertiary alicyclic amines) is 1. The van der Waals surface area contributed by atoms with Crippen LogP contribution in [0.5, 0.6) is 5.75 Å². The van der Waals surface area contributed by atoms with Crippen LogP contribution < -0.4 is 4.74 Å². The Balaban J connectivity index is 1.71. The minimum absolute atomic E-state index is 0.0122. The van der Waals surface area contributed by atoms with Gasteiger partial charge in [0, 0.05) is 42.5 Å². The fraction of sp³-hybridized carbons (Fsp3) is 0.550. The molecule has 1 amide bonds. The molecule has 3 heterocycles. The van der Waals surface area contributed by atoms with E-state index in [1.807, 2.05) is 43.9 Å². The number of hydrogen-bond donors (Lipinski definition) is 1. The Labute approximate surface area is 155 Å². The lowest BCUT2D eigenvalue weighted by atomic mass is 10.0. The molecular weight excluding hydrogens is 328 g/mol. The highest BCUT2D eigenvalue weighted by Gasteiger charge is 2.30. The number of pyridine rings is 1. The molecule has 0 saturated carbocycles. The molecule has 3 rings (SSSR count). The van der Waals surface area contributed by atoms with Crippen molar-refractivity contribution in [1.82, 2.24) is 20.1 Å². The van der Waals surface area contributed by atoms with Gasteiger partial charge in [-0.1, -0.05) is 13.8 Å². The number of aryl methyl sites for hydroxylation is 1. The van der Waals surface area contributed by atoms with E-state index in [0.29, 0.717) is 18.2 Å². The van der Waals surface area contributed by atoms with Crippen LogP contribution in [0.1, 0.15) is 73.5 Å². The lowest BCUT2D eigenvalue weighted by Gasteiger charge is -2.17. The van der Waals surface area contributed by atoms with Crippen LogP contribution in [-0.4, -0.2) is 45.2 Å². The standard InChI is InChI=1S/C20H28N4O2/c1-12(2)17-10-19(23-22-17)20(25)24-7-6-15(11-24)18-9-16(26-13(3)4)8-14(5)21-18/h8-10,12-13,15H,6-7,11H2,1-5H3,(H,22,23). The van der Waals surface area contributed by atoms with Crippen LogP contribution in [0.4, 0.5) is 0 Å². The van der Waals surface area contributed by atoms with Crippen molar-refractivity contribution < 1.29 is 9.53 Å². The third-order valence-corrected chi connectivity index (χ3v) is 4.63. The Bertz CT molecular complexity index is 782. The Morgan fingerprint density at radius 3 is 2.69 bits per heavy atom. The summed E-state index contributed by atoms with van der Waals surface area (Å²) in [5, 5.41) is 7.12. The number of aromatic nitrogens is 3. The Morgan fingerprint density at radius 1 is 1.27 bits per heavy atom. The maximum Gasteiger partial charge on any atom is 0.271 e. The summed E-state index contributed by atoms with van der Waals surface area (Å²) in [5.74, 6) is 1.40. The molecule has 1 saturated heterocycles. The maximum atomic E-state index is 12.7. The van der Waals surface area contributed by atoms with E-state index in [4.69, 9.17) is 4.74 Å². The molecule has 1 unspecified atom stereocenters. The fourth-order valence-electron chi connectivity index (χ4n) is 3.31. The zero-order valence-electron chi connectivity index (χ0n) is 16.2. The van der Waals surface area contributed by atoms with Crippen molar-refractivity contribution >= 4 is 5.91 Å². The average molecular weight is 356 g/mol. The first-order valence-electron chi connectivity index (χ1n) is 9.33. The Hall–Kier alpha value is -2.37. The number of carbonyl (C=O) groups is 1. The van der Waals surface area contributed by atoms with Crippen molar-refractivity contribution in [3.63, 3.8) is 0 Å². The molecule has 1 N–H and O–H groups in total. The van der Waals surface area contributed by atoms with E-state index in [9.17, 15) is 4.79 Å². The van der Waals surface area contributed by atoms with Gasteiger partial charge in [0.15, 0.2) is 0 Å². The molecule has 2 aromatic heterocycles. The Morgan fingerprint density at radius 2 is 2.04 bits per heavy atom. The first-order chi connectivity index (χ1) is 12.3. The van der Waals surface area contributed by atoms with Crippen LogP contribution in [-0.2, 0) is 0 Å². The molecule has 26 heavy (non-hydrogen) atoms. The number of amides is 1. The van der Waals surface area contributed by atoms with Crippen LogP contribution in [0.25, 0.3) is 0 Å². The summed E-state index contributed by atoms with van der Waals surface area (Å²) in [5.41, 5.74) is 3.43. The summed E-state index contributed by atoms with van der Waals surface area (Å²) in [7, 11) is 0. The van der Waals surface area contributed by atoms with Crippen LogP contribution >= 0.6 is 0 Å². The number of rotatable bonds is 5. The van der Waals surface area contributed by atoms with E-state index in [0.717, 1.165) is 35.8 Å². The van der Waals surface area contributed by atoms with E-state index in [-0.39, 0.29) is 17.9 Å². The largest absolute Gasteiger partial charge is 0.491 e. The number of aromatic amines is 1. The monoisotopic (exact) mass is 356 g/mol. The second kappa shape index (κ2) is 7.48. The minimum Gasteiger partial charge on any atom is -0.491 e. The molecule has 2 aromatic rings. The van der Waals surface area contributed by atoms with Gasteiger partial charge in [-0.2, -0.15) is 5.10 Å². The third-order valence-electron chi connectivity index (χ3n) is 4.63. The molecule has 0 bridgehead atoms. The first kappa shape index (κ1) is 18.4. The highest BCUT2D eigenvalue weighted by Crippen LogP contribution is 2.30. The highest BCUT2D eigenvalue weighted by molar-refractivity contribution is 5.92. The average Bonchev–Trinajstić information content (AvgIpc) is 3.23. The summed E-state index contributed by atoms with van der Waals surface area (Å²) >= 11 is 0. The molecule has 1 fully saturated rings. The number of nitrogens with zero attached hydrogens (tertiary/aromatic N) is 3. The second-order valence-electron chi connectivity index (χ2n) is 7.63. The lowest BCUT2D eigenvalue weighted by Crippen LogP contribution is -2.28. The molecule has 0 radical (unpaired) electrons. The second-order valence-corrected chi connectivity index (χ2v) is 7.63. The Kier molecular flexibility index (Phi) is 5.30. The van der Waals surface area contributed by atoms with E-state index in [2.05, 4.69) is 29.0 Å². The summed E-state index contributed by atoms with van der Waals surface area (Å²) < 4.78 is 5.83. The van der Waals surface area contributed by atoms with Crippen molar-refractivity contribution in [2.24, 2.45) is 0 Å². The predicted octanol–water partition coefficient (Wildman–Crippen LogP) is 3.65. The van der Waals surface area contributed by atoms with E-state index >= 15 is 0 Å². The first-order valence-corrected chi connectivity index (χ1v) is 9.33. The zero-order valence-corrected chi connectivity index (χ0v) is 16.2. The van der Waals surface area contributed by atoms with Crippen molar-refractivity contribution in [2.75, 3.05) is 13.1 Å². The number of ether oxygens (including phenoxy) is 1. The van der Waals surface area contributed by atoms with Gasteiger partial charge in [0.25, 0.3) is 5.91 Å². The van der Waals surface area contributed by atoms with Crippen LogP contribution in [0.2, 0.25) is 0 Å². The fourth-order valence-corrected chi connectivity index (χ4v) is 3.31. The molecule has 1 atom stereocenters. The van der Waals surface area contributed by atoms with Gasteiger partial charge in [0.05, 0.1) is 11.8 Å². The van der Waals surface area contributed by atoms with E-state index in [1.54, 1.807) is 0 Å². The molecule has 6 heteroatoms. The van der Waals surface area contributed by atoms with Gasteiger partial charge < -0.3 is 9.64 Å². The van der Waals surface area contributed by atoms with Crippen molar-refractivity contribution in [2.45, 2.75) is 59.0 Å². The molecule has 0 aliphatic carbocycles. The molecule has 0 aromatic carbocycles. The normalized spacial score (nSPS) is 17.3. The topological polar surface area (TPSA) is 71.1 Å². The van der Waals surface area contributed by atoms with Gasteiger partial charge in [-0.05, 0) is 39.2 Å². The highest BCUT2D eigenvalue weighted by atomic mass is 16.5. The molecule has 6 nitrogen and oxygen atoms in total. The molecule has 0 spiro atoms. The van der Waals surface area contributed by atoms with Gasteiger partial charge in [0.2, 0.25) is 0 Å². The van der Waals surface area contributed by atoms with Gasteiger partial charge in [-0.3, -0.25) is 14.9 Å². The van der Waals surface area contributed by atoms with Gasteiger partial charge >= 0.3 is 0 Å². The van der Waals surface area contributed by atoms with Gasteiger partial charge in [0.1, 0.15) is 11.4 Å². The van der Waals surface area contributed by atoms with Crippen molar-refractivity contribution in [3.05, 3.63) is 41.0 Å². The summed E-state index contributed by atoms with van der Waals surface area (Å²) in [6.45, 7) is 11.5. The lowest BCUT2D eigenvalue weighted by molar-refractivity contribution is 0.0785. The van der Waals surface area contributed by atoms with E-state index < -0.39 is 0 Å². The van der Waals surface area contributed by atoms with Gasteiger partial charge in [-0.25, -0.2) is 0 Å². The quantitative estimate of drug-likeness (QED) is 0.887. The summed E-state index contributed by atoms with van der Waals surface area (Å²) in [6.07, 6.45) is 1.04. The summed E-state index contributed by atoms with van der Waals surface area (Å²) in [4.78, 5) is 19.3. The van der Waals surface area contributed by atoms with E-state index in [1.165, 1.54) is 0 Å². The molecule has 1 aliphatic heterocycles. The third kappa shape index (κ3) is 4.06. The maximum absolute atomic E-state index is 12.7.